The summed E-state index contributed by atoms with van der Waals surface area (Å²) in [7, 11) is 0. The third kappa shape index (κ3) is 3.20. The van der Waals surface area contributed by atoms with E-state index in [2.05, 4.69) is 10.3 Å². The number of hydrogen-bond donors (Lipinski definition) is 0. The fourth-order valence-corrected chi connectivity index (χ4v) is 3.07. The maximum absolute atomic E-state index is 12.7. The summed E-state index contributed by atoms with van der Waals surface area (Å²) in [5, 5.41) is 8.19. The topological polar surface area (TPSA) is 69.5 Å². The lowest BCUT2D eigenvalue weighted by Crippen LogP contribution is -2.44. The van der Waals surface area contributed by atoms with E-state index in [4.69, 9.17) is 9.47 Å². The van der Waals surface area contributed by atoms with E-state index in [9.17, 15) is 4.79 Å². The summed E-state index contributed by atoms with van der Waals surface area (Å²) in [6.45, 7) is 3.59. The first kappa shape index (κ1) is 16.4. The van der Waals surface area contributed by atoms with Crippen LogP contribution < -0.4 is 9.47 Å². The van der Waals surface area contributed by atoms with Crippen LogP contribution in [0, 0.1) is 0 Å². The molecular weight excluding hydrogens is 332 g/mol. The fourth-order valence-electron chi connectivity index (χ4n) is 3.07. The molecule has 2 heterocycles. The number of nitrogens with zero attached hydrogens (tertiary/aromatic N) is 4. The van der Waals surface area contributed by atoms with Crippen LogP contribution in [0.1, 0.15) is 6.92 Å². The molecule has 0 spiro atoms. The highest BCUT2D eigenvalue weighted by Crippen LogP contribution is 2.31. The van der Waals surface area contributed by atoms with Crippen LogP contribution in [-0.4, -0.2) is 51.6 Å². The van der Waals surface area contributed by atoms with Gasteiger partial charge in [0, 0.05) is 6.54 Å². The van der Waals surface area contributed by atoms with Crippen molar-refractivity contribution >= 4 is 16.9 Å². The first-order valence-corrected chi connectivity index (χ1v) is 8.69. The van der Waals surface area contributed by atoms with Crippen LogP contribution in [0.2, 0.25) is 0 Å². The molecular formula is C19H20N4O3. The molecule has 0 fully saturated rings. The van der Waals surface area contributed by atoms with Gasteiger partial charge in [-0.25, -0.2) is 4.68 Å². The maximum Gasteiger partial charge on any atom is 0.244 e. The van der Waals surface area contributed by atoms with E-state index in [1.54, 1.807) is 9.58 Å². The van der Waals surface area contributed by atoms with Crippen LogP contribution in [0.25, 0.3) is 11.0 Å². The number of aromatic nitrogens is 3. The molecule has 0 saturated heterocycles. The minimum atomic E-state index is -0.193. The van der Waals surface area contributed by atoms with Crippen molar-refractivity contribution in [3.8, 4) is 11.5 Å². The van der Waals surface area contributed by atoms with Crippen LogP contribution in [0.5, 0.6) is 11.5 Å². The van der Waals surface area contributed by atoms with Crippen molar-refractivity contribution in [2.45, 2.75) is 19.6 Å². The molecule has 26 heavy (non-hydrogen) atoms. The monoisotopic (exact) mass is 352 g/mol. The van der Waals surface area contributed by atoms with Gasteiger partial charge in [0.25, 0.3) is 0 Å². The van der Waals surface area contributed by atoms with Gasteiger partial charge in [0.1, 0.15) is 18.7 Å². The summed E-state index contributed by atoms with van der Waals surface area (Å²) >= 11 is 0. The average Bonchev–Trinajstić information content (AvgIpc) is 3.09. The molecule has 0 saturated carbocycles. The highest BCUT2D eigenvalue weighted by Gasteiger charge is 2.25. The lowest BCUT2D eigenvalue weighted by Gasteiger charge is -2.30. The second kappa shape index (κ2) is 7.03. The third-order valence-corrected chi connectivity index (χ3v) is 4.43. The maximum atomic E-state index is 12.7. The molecule has 7 heteroatoms. The number of para-hydroxylation sites is 3. The number of carbonyl (C=O) groups is 1. The van der Waals surface area contributed by atoms with Crippen molar-refractivity contribution in [2.24, 2.45) is 0 Å². The van der Waals surface area contributed by atoms with E-state index in [0.717, 1.165) is 22.5 Å². The van der Waals surface area contributed by atoms with Gasteiger partial charge in [0.2, 0.25) is 5.91 Å². The molecule has 1 aliphatic rings. The lowest BCUT2D eigenvalue weighted by atomic mass is 10.2. The average molecular weight is 352 g/mol. The lowest BCUT2D eigenvalue weighted by molar-refractivity contribution is -0.133. The minimum absolute atomic E-state index is 0.0226. The Hall–Kier alpha value is -3.09. The van der Waals surface area contributed by atoms with Gasteiger partial charge >= 0.3 is 0 Å². The highest BCUT2D eigenvalue weighted by atomic mass is 16.6. The molecule has 0 N–H and O–H groups in total. The summed E-state index contributed by atoms with van der Waals surface area (Å²) in [6.07, 6.45) is -0.193. The largest absolute Gasteiger partial charge is 0.486 e. The molecule has 4 rings (SSSR count). The summed E-state index contributed by atoms with van der Waals surface area (Å²) in [5.41, 5.74) is 1.63. The number of hydrogen-bond acceptors (Lipinski definition) is 5. The zero-order valence-electron chi connectivity index (χ0n) is 14.5. The Morgan fingerprint density at radius 1 is 1.19 bits per heavy atom. The Morgan fingerprint density at radius 2 is 1.96 bits per heavy atom. The summed E-state index contributed by atoms with van der Waals surface area (Å²) < 4.78 is 13.3. The van der Waals surface area contributed by atoms with Gasteiger partial charge < -0.3 is 14.4 Å². The zero-order valence-corrected chi connectivity index (χ0v) is 14.5. The van der Waals surface area contributed by atoms with Crippen molar-refractivity contribution in [1.82, 2.24) is 19.9 Å². The summed E-state index contributed by atoms with van der Waals surface area (Å²) in [5.74, 6) is 1.44. The minimum Gasteiger partial charge on any atom is -0.486 e. The van der Waals surface area contributed by atoms with Gasteiger partial charge in [-0.1, -0.05) is 29.5 Å². The first-order valence-electron chi connectivity index (χ1n) is 8.69. The number of fused-ring (bicyclic) bond motifs is 2. The molecule has 1 atom stereocenters. The van der Waals surface area contributed by atoms with Crippen LogP contribution in [0.15, 0.2) is 48.5 Å². The predicted octanol–water partition coefficient (Wildman–Crippen LogP) is 2.12. The number of amides is 1. The molecule has 0 radical (unpaired) electrons. The van der Waals surface area contributed by atoms with Gasteiger partial charge in [0.05, 0.1) is 12.1 Å². The number of rotatable bonds is 5. The normalized spacial score (nSPS) is 15.8. The quantitative estimate of drug-likeness (QED) is 0.703. The van der Waals surface area contributed by atoms with Crippen LogP contribution in [-0.2, 0) is 11.3 Å². The Kier molecular flexibility index (Phi) is 4.43. The van der Waals surface area contributed by atoms with E-state index < -0.39 is 0 Å². The summed E-state index contributed by atoms with van der Waals surface area (Å²) in [6, 6.07) is 15.2. The molecule has 3 aromatic rings. The van der Waals surface area contributed by atoms with Gasteiger partial charge in [-0.2, -0.15) is 0 Å². The number of likely N-dealkylation sites (N-methyl/N-ethyl adjacent to an activating group) is 1. The van der Waals surface area contributed by atoms with E-state index in [1.165, 1.54) is 0 Å². The Bertz CT molecular complexity index is 924. The predicted molar refractivity (Wildman–Crippen MR) is 96.1 cm³/mol. The Labute approximate surface area is 151 Å². The molecule has 1 unspecified atom stereocenters. The summed E-state index contributed by atoms with van der Waals surface area (Å²) in [4.78, 5) is 14.5. The number of benzene rings is 2. The number of carbonyl (C=O) groups excluding carboxylic acids is 1. The fraction of sp³-hybridized carbons (Fsp3) is 0.316. The molecule has 1 aliphatic heterocycles. The molecule has 0 aliphatic carbocycles. The van der Waals surface area contributed by atoms with Gasteiger partial charge in [-0.3, -0.25) is 4.79 Å². The molecule has 1 amide bonds. The second-order valence-electron chi connectivity index (χ2n) is 6.17. The van der Waals surface area contributed by atoms with Gasteiger partial charge in [-0.05, 0) is 31.2 Å². The highest BCUT2D eigenvalue weighted by molar-refractivity contribution is 5.79. The Morgan fingerprint density at radius 3 is 2.81 bits per heavy atom. The van der Waals surface area contributed by atoms with E-state index in [0.29, 0.717) is 19.7 Å². The third-order valence-electron chi connectivity index (χ3n) is 4.43. The van der Waals surface area contributed by atoms with Crippen molar-refractivity contribution in [3.05, 3.63) is 48.5 Å². The van der Waals surface area contributed by atoms with Crippen molar-refractivity contribution in [3.63, 3.8) is 0 Å². The van der Waals surface area contributed by atoms with Crippen molar-refractivity contribution < 1.29 is 14.3 Å². The standard InChI is InChI=1S/C19H20N4O3/c1-2-22(11-14-13-25-17-9-5-6-10-18(17)26-14)19(24)12-23-16-8-4-3-7-15(16)20-21-23/h3-10,14H,2,11-13H2,1H3. The molecule has 134 valence electrons. The molecule has 7 nitrogen and oxygen atoms in total. The Balaban J connectivity index is 1.43. The van der Waals surface area contributed by atoms with E-state index in [-0.39, 0.29) is 18.6 Å². The number of ether oxygens (including phenoxy) is 2. The van der Waals surface area contributed by atoms with E-state index >= 15 is 0 Å². The van der Waals surface area contributed by atoms with Crippen molar-refractivity contribution in [2.75, 3.05) is 19.7 Å². The second-order valence-corrected chi connectivity index (χ2v) is 6.17. The smallest absolute Gasteiger partial charge is 0.244 e. The first-order chi connectivity index (χ1) is 12.7. The molecule has 2 aromatic carbocycles. The molecule has 0 bridgehead atoms. The van der Waals surface area contributed by atoms with E-state index in [1.807, 2.05) is 55.5 Å². The molecule has 1 aromatic heterocycles. The van der Waals surface area contributed by atoms with Crippen LogP contribution in [0.4, 0.5) is 0 Å². The van der Waals surface area contributed by atoms with Crippen molar-refractivity contribution in [1.29, 1.82) is 0 Å². The van der Waals surface area contributed by atoms with Gasteiger partial charge in [-0.15, -0.1) is 5.10 Å². The SMILES string of the molecule is CCN(CC1COc2ccccc2O1)C(=O)Cn1nnc2ccccc21. The van der Waals surface area contributed by atoms with Crippen LogP contribution >= 0.6 is 0 Å². The zero-order chi connectivity index (χ0) is 17.9. The van der Waals surface area contributed by atoms with Gasteiger partial charge in [0.15, 0.2) is 17.6 Å². The van der Waals surface area contributed by atoms with Crippen LogP contribution in [0.3, 0.4) is 0 Å².